The van der Waals surface area contributed by atoms with E-state index >= 15 is 0 Å². The maximum absolute atomic E-state index is 5.78. The zero-order valence-corrected chi connectivity index (χ0v) is 12.2. The molecule has 106 valence electrons. The predicted molar refractivity (Wildman–Crippen MR) is 81.8 cm³/mol. The van der Waals surface area contributed by atoms with E-state index in [-0.39, 0.29) is 0 Å². The van der Waals surface area contributed by atoms with E-state index in [1.165, 1.54) is 12.0 Å². The van der Waals surface area contributed by atoms with Gasteiger partial charge in [0.1, 0.15) is 12.4 Å². The number of benzene rings is 1. The molecule has 1 aromatic heterocycles. The van der Waals surface area contributed by atoms with Crippen LogP contribution < -0.4 is 10.1 Å². The third-order valence-corrected chi connectivity index (χ3v) is 3.07. The van der Waals surface area contributed by atoms with Gasteiger partial charge >= 0.3 is 0 Å². The van der Waals surface area contributed by atoms with Crippen LogP contribution in [0, 0.1) is 0 Å². The summed E-state index contributed by atoms with van der Waals surface area (Å²) in [6.45, 7) is 3.47. The van der Waals surface area contributed by atoms with Gasteiger partial charge in [-0.25, -0.2) is 0 Å². The van der Waals surface area contributed by atoms with Gasteiger partial charge in [-0.15, -0.1) is 0 Å². The maximum Gasteiger partial charge on any atom is 0.130 e. The second-order valence-electron chi connectivity index (χ2n) is 4.83. The smallest absolute Gasteiger partial charge is 0.130 e. The summed E-state index contributed by atoms with van der Waals surface area (Å²) in [5.41, 5.74) is 3.34. The van der Waals surface area contributed by atoms with Crippen molar-refractivity contribution in [3.8, 4) is 5.75 Å². The van der Waals surface area contributed by atoms with Crippen molar-refractivity contribution in [3.05, 3.63) is 59.4 Å². The summed E-state index contributed by atoms with van der Waals surface area (Å²) in [5, 5.41) is 3.10. The zero-order valence-electron chi connectivity index (χ0n) is 12.2. The molecule has 1 aromatic carbocycles. The molecule has 3 heteroatoms. The van der Waals surface area contributed by atoms with Gasteiger partial charge < -0.3 is 10.1 Å². The molecule has 3 nitrogen and oxygen atoms in total. The molecule has 0 spiro atoms. The fourth-order valence-corrected chi connectivity index (χ4v) is 2.09. The highest BCUT2D eigenvalue weighted by atomic mass is 16.5. The molecule has 0 aliphatic rings. The Hall–Kier alpha value is -1.87. The first-order valence-electron chi connectivity index (χ1n) is 7.13. The molecular formula is C17H22N2O. The zero-order chi connectivity index (χ0) is 14.2. The molecule has 1 N–H and O–H groups in total. The SMILES string of the molecule is CCCc1ccc(OCc2cccc(CNC)n2)cc1. The van der Waals surface area contributed by atoms with E-state index in [9.17, 15) is 0 Å². The van der Waals surface area contributed by atoms with Crippen LogP contribution >= 0.6 is 0 Å². The molecule has 0 bridgehead atoms. The number of pyridine rings is 1. The summed E-state index contributed by atoms with van der Waals surface area (Å²) in [4.78, 5) is 4.54. The molecule has 2 rings (SSSR count). The van der Waals surface area contributed by atoms with Gasteiger partial charge in [0, 0.05) is 6.54 Å². The number of aryl methyl sites for hydroxylation is 1. The van der Waals surface area contributed by atoms with Gasteiger partial charge in [0.2, 0.25) is 0 Å². The number of hydrogen-bond acceptors (Lipinski definition) is 3. The highest BCUT2D eigenvalue weighted by Crippen LogP contribution is 2.14. The second kappa shape index (κ2) is 7.65. The van der Waals surface area contributed by atoms with Crippen LogP contribution in [0.4, 0.5) is 0 Å². The standard InChI is InChI=1S/C17H22N2O/c1-3-5-14-8-10-17(11-9-14)20-13-16-7-4-6-15(19-16)12-18-2/h4,6-11,18H,3,5,12-13H2,1-2H3. The lowest BCUT2D eigenvalue weighted by Gasteiger charge is -2.08. The van der Waals surface area contributed by atoms with Crippen molar-refractivity contribution in [2.75, 3.05) is 7.05 Å². The highest BCUT2D eigenvalue weighted by Gasteiger charge is 2.00. The molecule has 0 atom stereocenters. The van der Waals surface area contributed by atoms with Crippen molar-refractivity contribution in [1.82, 2.24) is 10.3 Å². The maximum atomic E-state index is 5.78. The lowest BCUT2D eigenvalue weighted by molar-refractivity contribution is 0.301. The van der Waals surface area contributed by atoms with E-state index in [4.69, 9.17) is 4.74 Å². The summed E-state index contributed by atoms with van der Waals surface area (Å²) in [7, 11) is 1.92. The number of hydrogen-bond donors (Lipinski definition) is 1. The minimum atomic E-state index is 0.505. The molecule has 0 aliphatic heterocycles. The first-order chi connectivity index (χ1) is 9.81. The first-order valence-corrected chi connectivity index (χ1v) is 7.13. The van der Waals surface area contributed by atoms with Crippen LogP contribution in [-0.2, 0) is 19.6 Å². The van der Waals surface area contributed by atoms with Gasteiger partial charge in [-0.1, -0.05) is 31.5 Å². The van der Waals surface area contributed by atoms with Crippen molar-refractivity contribution in [2.45, 2.75) is 32.9 Å². The molecule has 1 heterocycles. The van der Waals surface area contributed by atoms with E-state index in [1.54, 1.807) is 0 Å². The number of nitrogens with zero attached hydrogens (tertiary/aromatic N) is 1. The predicted octanol–water partition coefficient (Wildman–Crippen LogP) is 3.33. The summed E-state index contributed by atoms with van der Waals surface area (Å²) in [6, 6.07) is 14.3. The van der Waals surface area contributed by atoms with E-state index in [0.717, 1.165) is 30.1 Å². The molecule has 0 radical (unpaired) electrons. The lowest BCUT2D eigenvalue weighted by atomic mass is 10.1. The normalized spacial score (nSPS) is 10.5. The third-order valence-electron chi connectivity index (χ3n) is 3.07. The van der Waals surface area contributed by atoms with Gasteiger partial charge in [-0.05, 0) is 43.3 Å². The second-order valence-corrected chi connectivity index (χ2v) is 4.83. The van der Waals surface area contributed by atoms with Crippen LogP contribution in [0.25, 0.3) is 0 Å². The van der Waals surface area contributed by atoms with Crippen LogP contribution in [0.15, 0.2) is 42.5 Å². The number of aromatic nitrogens is 1. The van der Waals surface area contributed by atoms with E-state index in [2.05, 4.69) is 29.4 Å². The fourth-order valence-electron chi connectivity index (χ4n) is 2.09. The number of nitrogens with one attached hydrogen (secondary N) is 1. The van der Waals surface area contributed by atoms with Gasteiger partial charge in [0.25, 0.3) is 0 Å². The summed E-state index contributed by atoms with van der Waals surface area (Å²) >= 11 is 0. The Balaban J connectivity index is 1.92. The van der Waals surface area contributed by atoms with Crippen molar-refractivity contribution in [2.24, 2.45) is 0 Å². The topological polar surface area (TPSA) is 34.1 Å². The molecular weight excluding hydrogens is 248 g/mol. The van der Waals surface area contributed by atoms with Crippen LogP contribution in [0.2, 0.25) is 0 Å². The Labute approximate surface area is 121 Å². The van der Waals surface area contributed by atoms with Gasteiger partial charge in [0.05, 0.1) is 11.4 Å². The quantitative estimate of drug-likeness (QED) is 0.838. The van der Waals surface area contributed by atoms with Gasteiger partial charge in [-0.2, -0.15) is 0 Å². The Morgan fingerprint density at radius 2 is 1.80 bits per heavy atom. The average Bonchev–Trinajstić information content (AvgIpc) is 2.48. The summed E-state index contributed by atoms with van der Waals surface area (Å²) in [6.07, 6.45) is 2.29. The van der Waals surface area contributed by atoms with E-state index < -0.39 is 0 Å². The van der Waals surface area contributed by atoms with Gasteiger partial charge in [0.15, 0.2) is 0 Å². The van der Waals surface area contributed by atoms with Crippen LogP contribution in [0.1, 0.15) is 30.3 Å². The number of rotatable bonds is 7. The van der Waals surface area contributed by atoms with Crippen LogP contribution in [-0.4, -0.2) is 12.0 Å². The van der Waals surface area contributed by atoms with E-state index in [1.807, 2.05) is 37.4 Å². The molecule has 0 saturated heterocycles. The molecule has 20 heavy (non-hydrogen) atoms. The van der Waals surface area contributed by atoms with Crippen LogP contribution in [0.5, 0.6) is 5.75 Å². The fraction of sp³-hybridized carbons (Fsp3) is 0.353. The van der Waals surface area contributed by atoms with Crippen molar-refractivity contribution >= 4 is 0 Å². The minimum absolute atomic E-state index is 0.505. The van der Waals surface area contributed by atoms with Crippen molar-refractivity contribution < 1.29 is 4.74 Å². The third kappa shape index (κ3) is 4.35. The Bertz CT molecular complexity index is 523. The Morgan fingerprint density at radius 1 is 1.05 bits per heavy atom. The van der Waals surface area contributed by atoms with Crippen molar-refractivity contribution in [1.29, 1.82) is 0 Å². The molecule has 2 aromatic rings. The van der Waals surface area contributed by atoms with E-state index in [0.29, 0.717) is 6.61 Å². The molecule has 0 unspecified atom stereocenters. The Morgan fingerprint density at radius 3 is 2.50 bits per heavy atom. The van der Waals surface area contributed by atoms with Crippen LogP contribution in [0.3, 0.4) is 0 Å². The average molecular weight is 270 g/mol. The minimum Gasteiger partial charge on any atom is -0.487 e. The van der Waals surface area contributed by atoms with Crippen molar-refractivity contribution in [3.63, 3.8) is 0 Å². The molecule has 0 saturated carbocycles. The largest absolute Gasteiger partial charge is 0.487 e. The summed E-state index contributed by atoms with van der Waals surface area (Å²) in [5.74, 6) is 0.894. The first kappa shape index (κ1) is 14.5. The lowest BCUT2D eigenvalue weighted by Crippen LogP contribution is -2.08. The summed E-state index contributed by atoms with van der Waals surface area (Å²) < 4.78 is 5.78. The molecule has 0 fully saturated rings. The number of ether oxygens (including phenoxy) is 1. The monoisotopic (exact) mass is 270 g/mol. The Kier molecular flexibility index (Phi) is 5.56. The molecule has 0 amide bonds. The highest BCUT2D eigenvalue weighted by molar-refractivity contribution is 5.27. The van der Waals surface area contributed by atoms with Gasteiger partial charge in [-0.3, -0.25) is 4.98 Å². The molecule has 0 aliphatic carbocycles.